The van der Waals surface area contributed by atoms with Gasteiger partial charge in [-0.2, -0.15) is 0 Å². The molecule has 1 aromatic rings. The molecule has 0 aromatic carbocycles. The molecule has 0 aliphatic heterocycles. The number of pyridine rings is 1. The normalized spacial score (nSPS) is 10.9. The van der Waals surface area contributed by atoms with E-state index in [0.717, 1.165) is 6.07 Å². The van der Waals surface area contributed by atoms with E-state index < -0.39 is 17.8 Å². The largest absolute Gasteiger partial charge is 0.325 e. The van der Waals surface area contributed by atoms with E-state index in [9.17, 15) is 13.2 Å². The first-order valence-electron chi connectivity index (χ1n) is 3.70. The van der Waals surface area contributed by atoms with E-state index in [-0.39, 0.29) is 12.2 Å². The zero-order valence-corrected chi connectivity index (χ0v) is 7.02. The van der Waals surface area contributed by atoms with Crippen molar-refractivity contribution in [3.05, 3.63) is 28.8 Å². The van der Waals surface area contributed by atoms with Gasteiger partial charge in [0, 0.05) is 12.2 Å². The topological polar surface area (TPSA) is 38.9 Å². The van der Waals surface area contributed by atoms with Crippen molar-refractivity contribution in [3.63, 3.8) is 0 Å². The lowest BCUT2D eigenvalue weighted by atomic mass is 10.1. The molecule has 0 spiro atoms. The molecule has 72 valence electrons. The predicted octanol–water partition coefficient (Wildman–Crippen LogP) is 1.93. The molecular formula is C8H9F3N2. The maximum absolute atomic E-state index is 13.0. The first-order chi connectivity index (χ1) is 6.06. The maximum atomic E-state index is 13.0. The quantitative estimate of drug-likeness (QED) is 0.773. The van der Waals surface area contributed by atoms with Crippen LogP contribution in [0.5, 0.6) is 0 Å². The fraction of sp³-hybridized carbons (Fsp3) is 0.375. The van der Waals surface area contributed by atoms with Gasteiger partial charge in [-0.15, -0.1) is 0 Å². The van der Waals surface area contributed by atoms with Gasteiger partial charge in [-0.25, -0.2) is 13.2 Å². The number of halogens is 3. The van der Waals surface area contributed by atoms with Gasteiger partial charge < -0.3 is 5.73 Å². The van der Waals surface area contributed by atoms with E-state index >= 15 is 0 Å². The number of alkyl halides is 2. The molecule has 0 saturated carbocycles. The van der Waals surface area contributed by atoms with Crippen LogP contribution in [0.15, 0.2) is 6.07 Å². The van der Waals surface area contributed by atoms with E-state index in [2.05, 4.69) is 4.98 Å². The summed E-state index contributed by atoms with van der Waals surface area (Å²) < 4.78 is 37.5. The second kappa shape index (κ2) is 3.74. The van der Waals surface area contributed by atoms with Crippen LogP contribution in [-0.4, -0.2) is 4.98 Å². The Hall–Kier alpha value is -1.10. The summed E-state index contributed by atoms with van der Waals surface area (Å²) in [5.74, 6) is -0.942. The van der Waals surface area contributed by atoms with Crippen LogP contribution in [0.1, 0.15) is 23.4 Å². The van der Waals surface area contributed by atoms with Crippen LogP contribution in [0, 0.1) is 12.7 Å². The lowest BCUT2D eigenvalue weighted by Crippen LogP contribution is -2.08. The lowest BCUT2D eigenvalue weighted by molar-refractivity contribution is 0.144. The van der Waals surface area contributed by atoms with Crippen LogP contribution in [0.3, 0.4) is 0 Å². The lowest BCUT2D eigenvalue weighted by Gasteiger charge is -2.07. The van der Waals surface area contributed by atoms with Crippen LogP contribution < -0.4 is 5.73 Å². The summed E-state index contributed by atoms with van der Waals surface area (Å²) in [5, 5.41) is 0. The molecule has 0 bridgehead atoms. The molecule has 0 unspecified atom stereocenters. The molecule has 0 aliphatic carbocycles. The van der Waals surface area contributed by atoms with Gasteiger partial charge in [0.05, 0.1) is 11.3 Å². The summed E-state index contributed by atoms with van der Waals surface area (Å²) in [6, 6.07) is 0.973. The minimum absolute atomic E-state index is 0.0764. The monoisotopic (exact) mass is 190 g/mol. The number of aromatic nitrogens is 1. The van der Waals surface area contributed by atoms with Crippen LogP contribution in [0.2, 0.25) is 0 Å². The highest BCUT2D eigenvalue weighted by molar-refractivity contribution is 5.25. The molecule has 0 aliphatic rings. The molecule has 0 amide bonds. The van der Waals surface area contributed by atoms with E-state index in [1.54, 1.807) is 0 Å². The highest BCUT2D eigenvalue weighted by Crippen LogP contribution is 2.24. The third-order valence-electron chi connectivity index (χ3n) is 1.63. The zero-order valence-electron chi connectivity index (χ0n) is 7.02. The van der Waals surface area contributed by atoms with Crippen molar-refractivity contribution in [2.75, 3.05) is 0 Å². The minimum atomic E-state index is -2.87. The molecule has 5 heteroatoms. The van der Waals surface area contributed by atoms with Crippen molar-refractivity contribution in [1.82, 2.24) is 4.98 Å². The van der Waals surface area contributed by atoms with Gasteiger partial charge >= 0.3 is 0 Å². The molecule has 0 radical (unpaired) electrons. The summed E-state index contributed by atoms with van der Waals surface area (Å²) in [7, 11) is 0. The molecule has 0 fully saturated rings. The Morgan fingerprint density at radius 3 is 2.62 bits per heavy atom. The van der Waals surface area contributed by atoms with Gasteiger partial charge in [-0.3, -0.25) is 4.98 Å². The Labute approximate surface area is 73.6 Å². The fourth-order valence-corrected chi connectivity index (χ4v) is 1.09. The van der Waals surface area contributed by atoms with Crippen molar-refractivity contribution in [2.24, 2.45) is 5.73 Å². The first-order valence-corrected chi connectivity index (χ1v) is 3.70. The molecule has 1 heterocycles. The summed E-state index contributed by atoms with van der Waals surface area (Å²) in [6.07, 6.45) is -2.87. The predicted molar refractivity (Wildman–Crippen MR) is 41.8 cm³/mol. The van der Waals surface area contributed by atoms with Gasteiger partial charge in [-0.1, -0.05) is 0 Å². The van der Waals surface area contributed by atoms with Crippen LogP contribution in [0.4, 0.5) is 13.2 Å². The number of nitrogens with zero attached hydrogens (tertiary/aromatic N) is 1. The second-order valence-electron chi connectivity index (χ2n) is 2.61. The molecule has 1 aromatic heterocycles. The van der Waals surface area contributed by atoms with Crippen molar-refractivity contribution in [1.29, 1.82) is 0 Å². The smallest absolute Gasteiger partial charge is 0.268 e. The molecular weight excluding hydrogens is 181 g/mol. The third kappa shape index (κ3) is 1.98. The molecule has 1 rings (SSSR count). The maximum Gasteiger partial charge on any atom is 0.268 e. The van der Waals surface area contributed by atoms with Crippen molar-refractivity contribution >= 4 is 0 Å². The second-order valence-corrected chi connectivity index (χ2v) is 2.61. The average Bonchev–Trinajstić information content (AvgIpc) is 2.01. The molecule has 0 atom stereocenters. The van der Waals surface area contributed by atoms with Gasteiger partial charge in [-0.05, 0) is 13.0 Å². The van der Waals surface area contributed by atoms with E-state index in [0.29, 0.717) is 5.69 Å². The Bertz CT molecular complexity index is 313. The van der Waals surface area contributed by atoms with E-state index in [1.165, 1.54) is 6.92 Å². The molecule has 0 saturated heterocycles. The van der Waals surface area contributed by atoms with Crippen LogP contribution >= 0.6 is 0 Å². The standard InChI is InChI=1S/C8H9F3N2/c1-4-2-5(9)7(8(10)11)6(3-12)13-4/h2,8H,3,12H2,1H3. The summed E-state index contributed by atoms with van der Waals surface area (Å²) in [5.41, 5.74) is 4.75. The van der Waals surface area contributed by atoms with Crippen molar-refractivity contribution in [2.45, 2.75) is 19.9 Å². The number of aryl methyl sites for hydroxylation is 1. The SMILES string of the molecule is Cc1cc(F)c(C(F)F)c(CN)n1. The van der Waals surface area contributed by atoms with Crippen LogP contribution in [0.25, 0.3) is 0 Å². The number of hydrogen-bond acceptors (Lipinski definition) is 2. The minimum Gasteiger partial charge on any atom is -0.325 e. The van der Waals surface area contributed by atoms with Gasteiger partial charge in [0.1, 0.15) is 5.82 Å². The molecule has 2 nitrogen and oxygen atoms in total. The number of hydrogen-bond donors (Lipinski definition) is 1. The highest BCUT2D eigenvalue weighted by Gasteiger charge is 2.19. The van der Waals surface area contributed by atoms with Gasteiger partial charge in [0.15, 0.2) is 0 Å². The fourth-order valence-electron chi connectivity index (χ4n) is 1.09. The molecule has 13 heavy (non-hydrogen) atoms. The Morgan fingerprint density at radius 2 is 2.15 bits per heavy atom. The summed E-state index contributed by atoms with van der Waals surface area (Å²) in [6.45, 7) is 1.34. The Morgan fingerprint density at radius 1 is 1.54 bits per heavy atom. The molecule has 2 N–H and O–H groups in total. The highest BCUT2D eigenvalue weighted by atomic mass is 19.3. The third-order valence-corrected chi connectivity index (χ3v) is 1.63. The first kappa shape index (κ1) is 9.98. The number of nitrogens with two attached hydrogens (primary N) is 1. The summed E-state index contributed by atoms with van der Waals surface area (Å²) >= 11 is 0. The van der Waals surface area contributed by atoms with Crippen molar-refractivity contribution in [3.8, 4) is 0 Å². The van der Waals surface area contributed by atoms with Crippen LogP contribution in [-0.2, 0) is 6.54 Å². The zero-order chi connectivity index (χ0) is 10.0. The van der Waals surface area contributed by atoms with E-state index in [1.807, 2.05) is 0 Å². The Balaban J connectivity index is 3.30. The number of rotatable bonds is 2. The van der Waals surface area contributed by atoms with Gasteiger partial charge in [0.25, 0.3) is 6.43 Å². The van der Waals surface area contributed by atoms with Crippen molar-refractivity contribution < 1.29 is 13.2 Å². The summed E-state index contributed by atoms with van der Waals surface area (Å²) in [4.78, 5) is 3.73. The average molecular weight is 190 g/mol. The Kier molecular flexibility index (Phi) is 2.87. The van der Waals surface area contributed by atoms with Gasteiger partial charge in [0.2, 0.25) is 0 Å². The van der Waals surface area contributed by atoms with E-state index in [4.69, 9.17) is 5.73 Å².